The largest absolute Gasteiger partial charge is 0.352 e. The molecule has 2 aromatic carbocycles. The Morgan fingerprint density at radius 3 is 2.24 bits per heavy atom. The van der Waals surface area contributed by atoms with Crippen molar-refractivity contribution in [2.24, 2.45) is 0 Å². The van der Waals surface area contributed by atoms with Gasteiger partial charge in [-0.3, -0.25) is 9.59 Å². The van der Waals surface area contributed by atoms with Crippen LogP contribution in [-0.4, -0.2) is 62.2 Å². The van der Waals surface area contributed by atoms with Crippen molar-refractivity contribution in [2.45, 2.75) is 57.7 Å². The van der Waals surface area contributed by atoms with Gasteiger partial charge < -0.3 is 10.2 Å². The molecule has 1 aliphatic carbocycles. The summed E-state index contributed by atoms with van der Waals surface area (Å²) in [6, 6.07) is 12.7. The number of benzene rings is 2. The van der Waals surface area contributed by atoms with E-state index in [2.05, 4.69) is 5.32 Å². The van der Waals surface area contributed by atoms with E-state index in [0.717, 1.165) is 34.3 Å². The quantitative estimate of drug-likeness (QED) is 0.433. The Kier molecular flexibility index (Phi) is 10.2. The Morgan fingerprint density at radius 2 is 1.68 bits per heavy atom. The van der Waals surface area contributed by atoms with Crippen molar-refractivity contribution in [1.82, 2.24) is 14.5 Å². The fraction of sp³-hybridized carbons (Fsp3) is 0.462. The van der Waals surface area contributed by atoms with Crippen LogP contribution in [-0.2, 0) is 26.3 Å². The number of rotatable bonds is 11. The minimum absolute atomic E-state index is 0.0664. The van der Waals surface area contributed by atoms with Crippen molar-refractivity contribution in [3.05, 3.63) is 64.1 Å². The van der Waals surface area contributed by atoms with E-state index in [0.29, 0.717) is 27.7 Å². The van der Waals surface area contributed by atoms with Crippen LogP contribution in [0.25, 0.3) is 0 Å². The van der Waals surface area contributed by atoms with E-state index in [-0.39, 0.29) is 18.5 Å². The van der Waals surface area contributed by atoms with Crippen LogP contribution in [0, 0.1) is 0 Å². The number of hydrogen-bond acceptors (Lipinski definition) is 4. The van der Waals surface area contributed by atoms with E-state index in [1.54, 1.807) is 48.5 Å². The van der Waals surface area contributed by atoms with Crippen LogP contribution in [0.4, 0.5) is 5.69 Å². The van der Waals surface area contributed by atoms with E-state index < -0.39 is 28.7 Å². The number of nitrogens with zero attached hydrogens (tertiary/aromatic N) is 3. The topological polar surface area (TPSA) is 90.0 Å². The molecule has 0 radical (unpaired) electrons. The van der Waals surface area contributed by atoms with Crippen LogP contribution in [0.3, 0.4) is 0 Å². The van der Waals surface area contributed by atoms with E-state index in [1.807, 2.05) is 6.92 Å². The highest BCUT2D eigenvalue weighted by Crippen LogP contribution is 2.25. The summed E-state index contributed by atoms with van der Waals surface area (Å²) in [5, 5.41) is 3.79. The molecular formula is C26H34Cl2N4O4S. The molecule has 37 heavy (non-hydrogen) atoms. The van der Waals surface area contributed by atoms with Crippen molar-refractivity contribution in [3.8, 4) is 0 Å². The minimum Gasteiger partial charge on any atom is -0.352 e. The Labute approximate surface area is 229 Å². The van der Waals surface area contributed by atoms with Gasteiger partial charge in [-0.25, -0.2) is 4.31 Å². The first-order valence-electron chi connectivity index (χ1n) is 12.3. The highest BCUT2D eigenvalue weighted by atomic mass is 35.5. The van der Waals surface area contributed by atoms with Crippen LogP contribution < -0.4 is 9.62 Å². The average Bonchev–Trinajstić information content (AvgIpc) is 3.37. The standard InChI is InChI=1S/C26H34Cl2N4O4S/c1-4-24(26(34)29-20-10-8-9-11-20)31(17-19-14-15-22(27)23(28)16-19)25(33)18-32(37(35,36)30(2)3)21-12-6-5-7-13-21/h5-7,12-16,20,24H,4,8-11,17-18H2,1-3H3,(H,29,34)/t24-/m1/s1. The Bertz CT molecular complexity index is 1190. The van der Waals surface area contributed by atoms with Gasteiger partial charge in [0, 0.05) is 26.7 Å². The Hall–Kier alpha value is -2.33. The third-order valence-electron chi connectivity index (χ3n) is 6.49. The van der Waals surface area contributed by atoms with E-state index >= 15 is 0 Å². The highest BCUT2D eigenvalue weighted by molar-refractivity contribution is 7.90. The highest BCUT2D eigenvalue weighted by Gasteiger charge is 2.34. The lowest BCUT2D eigenvalue weighted by Gasteiger charge is -2.34. The van der Waals surface area contributed by atoms with Gasteiger partial charge >= 0.3 is 10.2 Å². The number of anilines is 1. The summed E-state index contributed by atoms with van der Waals surface area (Å²) in [7, 11) is -1.18. The molecular weight excluding hydrogens is 535 g/mol. The van der Waals surface area contributed by atoms with Gasteiger partial charge in [-0.2, -0.15) is 12.7 Å². The molecule has 1 N–H and O–H groups in total. The van der Waals surface area contributed by atoms with Crippen molar-refractivity contribution in [1.29, 1.82) is 0 Å². The maximum Gasteiger partial charge on any atom is 0.304 e. The first kappa shape index (κ1) is 29.2. The zero-order valence-corrected chi connectivity index (χ0v) is 23.7. The molecule has 1 saturated carbocycles. The second-order valence-corrected chi connectivity index (χ2v) is 12.2. The van der Waals surface area contributed by atoms with E-state index in [4.69, 9.17) is 23.2 Å². The molecule has 0 spiro atoms. The van der Waals surface area contributed by atoms with Gasteiger partial charge in [-0.1, -0.05) is 67.2 Å². The molecule has 2 aromatic rings. The minimum atomic E-state index is -4.00. The van der Waals surface area contributed by atoms with Crippen LogP contribution >= 0.6 is 23.2 Å². The number of halogens is 2. The van der Waals surface area contributed by atoms with Crippen LogP contribution in [0.15, 0.2) is 48.5 Å². The number of hydrogen-bond donors (Lipinski definition) is 1. The summed E-state index contributed by atoms with van der Waals surface area (Å²) in [5.74, 6) is -0.752. The lowest BCUT2D eigenvalue weighted by Crippen LogP contribution is -2.54. The van der Waals surface area contributed by atoms with Gasteiger partial charge in [0.25, 0.3) is 0 Å². The maximum absolute atomic E-state index is 13.9. The summed E-state index contributed by atoms with van der Waals surface area (Å²) in [6.07, 6.45) is 4.29. The molecule has 0 aliphatic heterocycles. The van der Waals surface area contributed by atoms with Gasteiger partial charge in [0.1, 0.15) is 12.6 Å². The van der Waals surface area contributed by atoms with Gasteiger partial charge in [0.2, 0.25) is 11.8 Å². The number of carbonyl (C=O) groups is 2. The smallest absolute Gasteiger partial charge is 0.304 e. The number of nitrogens with one attached hydrogen (secondary N) is 1. The Balaban J connectivity index is 1.96. The lowest BCUT2D eigenvalue weighted by atomic mass is 10.1. The SMILES string of the molecule is CC[C@H](C(=O)NC1CCCC1)N(Cc1ccc(Cl)c(Cl)c1)C(=O)CN(c1ccccc1)S(=O)(=O)N(C)C. The first-order chi connectivity index (χ1) is 17.5. The van der Waals surface area contributed by atoms with Gasteiger partial charge in [0.05, 0.1) is 15.7 Å². The second-order valence-electron chi connectivity index (χ2n) is 9.32. The molecule has 1 fully saturated rings. The van der Waals surface area contributed by atoms with Gasteiger partial charge in [-0.05, 0) is 49.1 Å². The monoisotopic (exact) mass is 568 g/mol. The zero-order valence-electron chi connectivity index (χ0n) is 21.4. The van der Waals surface area contributed by atoms with Crippen molar-refractivity contribution in [3.63, 3.8) is 0 Å². The number of amides is 2. The fourth-order valence-electron chi connectivity index (χ4n) is 4.43. The zero-order chi connectivity index (χ0) is 27.2. The summed E-state index contributed by atoms with van der Waals surface area (Å²) in [6.45, 7) is 1.43. The molecule has 3 rings (SSSR count). The molecule has 0 unspecified atom stereocenters. The number of para-hydroxylation sites is 1. The molecule has 2 amide bonds. The predicted octanol–water partition coefficient (Wildman–Crippen LogP) is 4.47. The van der Waals surface area contributed by atoms with Crippen molar-refractivity contribution in [2.75, 3.05) is 24.9 Å². The average molecular weight is 570 g/mol. The second kappa shape index (κ2) is 13.0. The lowest BCUT2D eigenvalue weighted by molar-refractivity contribution is -0.140. The van der Waals surface area contributed by atoms with Gasteiger partial charge in [-0.15, -0.1) is 0 Å². The predicted molar refractivity (Wildman–Crippen MR) is 148 cm³/mol. The van der Waals surface area contributed by atoms with Crippen molar-refractivity contribution < 1.29 is 18.0 Å². The molecule has 202 valence electrons. The van der Waals surface area contributed by atoms with E-state index in [9.17, 15) is 18.0 Å². The van der Waals surface area contributed by atoms with Crippen LogP contribution in [0.5, 0.6) is 0 Å². The van der Waals surface area contributed by atoms with E-state index in [1.165, 1.54) is 19.0 Å². The third kappa shape index (κ3) is 7.37. The molecule has 0 heterocycles. The maximum atomic E-state index is 13.9. The third-order valence-corrected chi connectivity index (χ3v) is 9.05. The molecule has 8 nitrogen and oxygen atoms in total. The summed E-state index contributed by atoms with van der Waals surface area (Å²) in [5.41, 5.74) is 1.03. The molecule has 0 bridgehead atoms. The molecule has 0 saturated heterocycles. The van der Waals surface area contributed by atoms with Crippen LogP contribution in [0.1, 0.15) is 44.6 Å². The van der Waals surface area contributed by atoms with Crippen LogP contribution in [0.2, 0.25) is 10.0 Å². The first-order valence-corrected chi connectivity index (χ1v) is 14.5. The molecule has 11 heteroatoms. The summed E-state index contributed by atoms with van der Waals surface area (Å²) in [4.78, 5) is 28.6. The van der Waals surface area contributed by atoms with Crippen molar-refractivity contribution >= 4 is 50.9 Å². The fourth-order valence-corrected chi connectivity index (χ4v) is 5.81. The number of carbonyl (C=O) groups excluding carboxylic acids is 2. The molecule has 1 aliphatic rings. The Morgan fingerprint density at radius 1 is 1.03 bits per heavy atom. The summed E-state index contributed by atoms with van der Waals surface area (Å²) >= 11 is 12.3. The molecule has 1 atom stereocenters. The van der Waals surface area contributed by atoms with Gasteiger partial charge in [0.15, 0.2) is 0 Å². The normalized spacial score (nSPS) is 15.0. The molecule has 0 aromatic heterocycles. The summed E-state index contributed by atoms with van der Waals surface area (Å²) < 4.78 is 28.5.